The van der Waals surface area contributed by atoms with Crippen molar-refractivity contribution >= 4 is 11.7 Å². The van der Waals surface area contributed by atoms with E-state index in [0.29, 0.717) is 24.7 Å². The third-order valence-corrected chi connectivity index (χ3v) is 2.86. The molecule has 0 spiro atoms. The number of nitrogens with zero attached hydrogens (tertiary/aromatic N) is 4. The second-order valence-corrected chi connectivity index (χ2v) is 4.19. The second kappa shape index (κ2) is 5.45. The number of nitriles is 1. The SMILES string of the molecule is CNC(=O)c1ccc(N(CCC#N)C2CC2)nn1. The van der Waals surface area contributed by atoms with Gasteiger partial charge in [-0.15, -0.1) is 10.2 Å². The molecule has 2 rings (SSSR count). The number of anilines is 1. The molecule has 0 bridgehead atoms. The lowest BCUT2D eigenvalue weighted by atomic mass is 10.3. The molecule has 1 aliphatic rings. The third kappa shape index (κ3) is 2.74. The molecule has 6 heteroatoms. The highest BCUT2D eigenvalue weighted by Crippen LogP contribution is 2.30. The van der Waals surface area contributed by atoms with Crippen LogP contribution in [0.4, 0.5) is 5.82 Å². The first-order valence-corrected chi connectivity index (χ1v) is 5.95. The Kier molecular flexibility index (Phi) is 3.72. The Bertz CT molecular complexity index is 460. The van der Waals surface area contributed by atoms with Gasteiger partial charge in [0.15, 0.2) is 11.5 Å². The zero-order valence-corrected chi connectivity index (χ0v) is 10.3. The highest BCUT2D eigenvalue weighted by Gasteiger charge is 2.29. The van der Waals surface area contributed by atoms with Gasteiger partial charge in [0.2, 0.25) is 0 Å². The average Bonchev–Trinajstić information content (AvgIpc) is 3.24. The van der Waals surface area contributed by atoms with E-state index in [1.165, 1.54) is 0 Å². The molecule has 1 aromatic rings. The van der Waals surface area contributed by atoms with Crippen molar-refractivity contribution < 1.29 is 4.79 Å². The zero-order valence-electron chi connectivity index (χ0n) is 10.3. The molecular formula is C12H15N5O. The molecule has 1 aliphatic carbocycles. The minimum absolute atomic E-state index is 0.246. The Balaban J connectivity index is 2.11. The third-order valence-electron chi connectivity index (χ3n) is 2.86. The molecule has 0 aromatic carbocycles. The van der Waals surface area contributed by atoms with E-state index >= 15 is 0 Å². The maximum atomic E-state index is 11.3. The van der Waals surface area contributed by atoms with Crippen LogP contribution in [0.25, 0.3) is 0 Å². The molecule has 1 aromatic heterocycles. The second-order valence-electron chi connectivity index (χ2n) is 4.19. The van der Waals surface area contributed by atoms with Crippen molar-refractivity contribution in [2.24, 2.45) is 0 Å². The Hall–Kier alpha value is -2.16. The normalized spacial score (nSPS) is 13.8. The molecule has 1 fully saturated rings. The molecule has 18 heavy (non-hydrogen) atoms. The van der Waals surface area contributed by atoms with Gasteiger partial charge in [0.1, 0.15) is 0 Å². The van der Waals surface area contributed by atoms with Crippen molar-refractivity contribution in [3.63, 3.8) is 0 Å². The largest absolute Gasteiger partial charge is 0.354 e. The van der Waals surface area contributed by atoms with Crippen LogP contribution in [0.5, 0.6) is 0 Å². The number of hydrogen-bond acceptors (Lipinski definition) is 5. The molecule has 1 heterocycles. The standard InChI is InChI=1S/C12H15N5O/c1-14-12(18)10-5-6-11(16-15-10)17(8-2-7-13)9-3-4-9/h5-6,9H,2-4,8H2,1H3,(H,14,18). The molecule has 94 valence electrons. The summed E-state index contributed by atoms with van der Waals surface area (Å²) < 4.78 is 0. The van der Waals surface area contributed by atoms with Crippen LogP contribution in [0, 0.1) is 11.3 Å². The van der Waals surface area contributed by atoms with Crippen molar-refractivity contribution in [1.29, 1.82) is 5.26 Å². The van der Waals surface area contributed by atoms with Crippen LogP contribution in [0.15, 0.2) is 12.1 Å². The summed E-state index contributed by atoms with van der Waals surface area (Å²) in [6.07, 6.45) is 2.73. The van der Waals surface area contributed by atoms with E-state index in [2.05, 4.69) is 26.5 Å². The van der Waals surface area contributed by atoms with Gasteiger partial charge in [0, 0.05) is 19.6 Å². The molecule has 0 radical (unpaired) electrons. The summed E-state index contributed by atoms with van der Waals surface area (Å²) in [5, 5.41) is 19.1. The fourth-order valence-corrected chi connectivity index (χ4v) is 1.77. The van der Waals surface area contributed by atoms with Gasteiger partial charge in [0.25, 0.3) is 5.91 Å². The monoisotopic (exact) mass is 245 g/mol. The van der Waals surface area contributed by atoms with Crippen LogP contribution in [0.3, 0.4) is 0 Å². The summed E-state index contributed by atoms with van der Waals surface area (Å²) in [5.74, 6) is 0.490. The zero-order chi connectivity index (χ0) is 13.0. The van der Waals surface area contributed by atoms with Crippen LogP contribution in [0.1, 0.15) is 29.8 Å². The fourth-order valence-electron chi connectivity index (χ4n) is 1.77. The first-order chi connectivity index (χ1) is 8.76. The van der Waals surface area contributed by atoms with Gasteiger partial charge in [-0.2, -0.15) is 5.26 Å². The van der Waals surface area contributed by atoms with E-state index in [0.717, 1.165) is 18.7 Å². The molecule has 6 nitrogen and oxygen atoms in total. The van der Waals surface area contributed by atoms with Gasteiger partial charge in [-0.1, -0.05) is 0 Å². The molecule has 1 saturated carbocycles. The number of carbonyl (C=O) groups is 1. The molecule has 0 aliphatic heterocycles. The van der Waals surface area contributed by atoms with Gasteiger partial charge in [0.05, 0.1) is 12.5 Å². The minimum Gasteiger partial charge on any atom is -0.354 e. The van der Waals surface area contributed by atoms with Crippen molar-refractivity contribution in [1.82, 2.24) is 15.5 Å². The van der Waals surface area contributed by atoms with Crippen molar-refractivity contribution in [3.05, 3.63) is 17.8 Å². The maximum absolute atomic E-state index is 11.3. The lowest BCUT2D eigenvalue weighted by Gasteiger charge is -2.21. The van der Waals surface area contributed by atoms with Crippen molar-refractivity contribution in [3.8, 4) is 6.07 Å². The van der Waals surface area contributed by atoms with Crippen LogP contribution >= 0.6 is 0 Å². The van der Waals surface area contributed by atoms with E-state index in [4.69, 9.17) is 5.26 Å². The van der Waals surface area contributed by atoms with Crippen molar-refractivity contribution in [2.75, 3.05) is 18.5 Å². The van der Waals surface area contributed by atoms with Gasteiger partial charge >= 0.3 is 0 Å². The summed E-state index contributed by atoms with van der Waals surface area (Å²) in [4.78, 5) is 13.4. The minimum atomic E-state index is -0.246. The molecule has 0 unspecified atom stereocenters. The Labute approximate surface area is 106 Å². The van der Waals surface area contributed by atoms with Crippen LogP contribution < -0.4 is 10.2 Å². The van der Waals surface area contributed by atoms with Gasteiger partial charge < -0.3 is 10.2 Å². The number of amides is 1. The smallest absolute Gasteiger partial charge is 0.271 e. The average molecular weight is 245 g/mol. The number of hydrogen-bond donors (Lipinski definition) is 1. The van der Waals surface area contributed by atoms with Crippen LogP contribution in [-0.2, 0) is 0 Å². The fraction of sp³-hybridized carbons (Fsp3) is 0.500. The number of rotatable bonds is 5. The molecule has 1 N–H and O–H groups in total. The Morgan fingerprint density at radius 3 is 2.83 bits per heavy atom. The van der Waals surface area contributed by atoms with Crippen LogP contribution in [-0.4, -0.2) is 35.7 Å². The summed E-state index contributed by atoms with van der Waals surface area (Å²) in [6.45, 7) is 0.662. The molecule has 0 saturated heterocycles. The van der Waals surface area contributed by atoms with Crippen LogP contribution in [0.2, 0.25) is 0 Å². The number of nitrogens with one attached hydrogen (secondary N) is 1. The van der Waals surface area contributed by atoms with Gasteiger partial charge in [-0.05, 0) is 25.0 Å². The lowest BCUT2D eigenvalue weighted by Crippen LogP contribution is -2.28. The molecular weight excluding hydrogens is 230 g/mol. The Morgan fingerprint density at radius 2 is 2.33 bits per heavy atom. The first kappa shape index (κ1) is 12.3. The highest BCUT2D eigenvalue weighted by molar-refractivity contribution is 5.91. The summed E-state index contributed by atoms with van der Waals surface area (Å²) in [5.41, 5.74) is 0.303. The number of carbonyl (C=O) groups excluding carboxylic acids is 1. The molecule has 1 amide bonds. The summed E-state index contributed by atoms with van der Waals surface area (Å²) in [7, 11) is 1.56. The predicted molar refractivity (Wildman–Crippen MR) is 66.0 cm³/mol. The predicted octanol–water partition coefficient (Wildman–Crippen LogP) is 0.719. The van der Waals surface area contributed by atoms with E-state index in [1.807, 2.05) is 0 Å². The molecule has 0 atom stereocenters. The number of aromatic nitrogens is 2. The van der Waals surface area contributed by atoms with E-state index in [1.54, 1.807) is 19.2 Å². The van der Waals surface area contributed by atoms with E-state index in [-0.39, 0.29) is 5.91 Å². The van der Waals surface area contributed by atoms with E-state index < -0.39 is 0 Å². The maximum Gasteiger partial charge on any atom is 0.271 e. The van der Waals surface area contributed by atoms with E-state index in [9.17, 15) is 4.79 Å². The summed E-state index contributed by atoms with van der Waals surface area (Å²) >= 11 is 0. The quantitative estimate of drug-likeness (QED) is 0.826. The van der Waals surface area contributed by atoms with Crippen molar-refractivity contribution in [2.45, 2.75) is 25.3 Å². The lowest BCUT2D eigenvalue weighted by molar-refractivity contribution is 0.0957. The first-order valence-electron chi connectivity index (χ1n) is 5.95. The topological polar surface area (TPSA) is 81.9 Å². The highest BCUT2D eigenvalue weighted by atomic mass is 16.1. The van der Waals surface area contributed by atoms with Gasteiger partial charge in [-0.3, -0.25) is 4.79 Å². The van der Waals surface area contributed by atoms with Gasteiger partial charge in [-0.25, -0.2) is 0 Å². The summed E-state index contributed by atoms with van der Waals surface area (Å²) in [6, 6.07) is 6.05. The Morgan fingerprint density at radius 1 is 1.56 bits per heavy atom.